The van der Waals surface area contributed by atoms with Crippen LogP contribution in [-0.4, -0.2) is 31.6 Å². The predicted molar refractivity (Wildman–Crippen MR) is 120 cm³/mol. The Kier molecular flexibility index (Phi) is 5.69. The zero-order valence-electron chi connectivity index (χ0n) is 17.8. The van der Waals surface area contributed by atoms with Crippen LogP contribution in [0.25, 0.3) is 32.4 Å². The number of fused-ring (bicyclic) bond motifs is 1. The van der Waals surface area contributed by atoms with Crippen LogP contribution in [0.1, 0.15) is 31.4 Å². The van der Waals surface area contributed by atoms with Gasteiger partial charge in [-0.3, -0.25) is 14.2 Å². The zero-order chi connectivity index (χ0) is 22.1. The van der Waals surface area contributed by atoms with Crippen LogP contribution in [0.2, 0.25) is 0 Å². The SMILES string of the molecule is CCC(C)NC(=O)Cn1cnc2sc(-c3nc(-c4ccccc4C)no3)c(C)c2c1=O. The number of carbonyl (C=O) groups excluding carboxylic acids is 1. The van der Waals surface area contributed by atoms with Gasteiger partial charge in [0.2, 0.25) is 11.7 Å². The van der Waals surface area contributed by atoms with E-state index >= 15 is 0 Å². The lowest BCUT2D eigenvalue weighted by Crippen LogP contribution is -2.37. The molecule has 3 heterocycles. The van der Waals surface area contributed by atoms with Crippen molar-refractivity contribution in [2.24, 2.45) is 0 Å². The second-order valence-corrected chi connectivity index (χ2v) is 8.53. The molecule has 160 valence electrons. The summed E-state index contributed by atoms with van der Waals surface area (Å²) in [5.74, 6) is 0.627. The molecular formula is C22H23N5O3S. The Hall–Kier alpha value is -3.33. The third kappa shape index (κ3) is 4.00. The first kappa shape index (κ1) is 20.9. The van der Waals surface area contributed by atoms with Gasteiger partial charge in [0, 0.05) is 11.6 Å². The molecule has 0 aliphatic carbocycles. The third-order valence-electron chi connectivity index (χ3n) is 5.26. The van der Waals surface area contributed by atoms with E-state index in [4.69, 9.17) is 4.52 Å². The molecule has 1 aromatic carbocycles. The summed E-state index contributed by atoms with van der Waals surface area (Å²) in [6, 6.07) is 7.85. The van der Waals surface area contributed by atoms with E-state index < -0.39 is 0 Å². The molecule has 0 spiro atoms. The number of amides is 1. The van der Waals surface area contributed by atoms with Crippen molar-refractivity contribution < 1.29 is 9.32 Å². The summed E-state index contributed by atoms with van der Waals surface area (Å²) in [6.07, 6.45) is 2.23. The number of aryl methyl sites for hydroxylation is 2. The minimum atomic E-state index is -0.261. The molecule has 0 aliphatic heterocycles. The molecule has 0 saturated heterocycles. The summed E-state index contributed by atoms with van der Waals surface area (Å²) in [4.78, 5) is 35.5. The zero-order valence-corrected chi connectivity index (χ0v) is 18.6. The summed E-state index contributed by atoms with van der Waals surface area (Å²) < 4.78 is 6.84. The quantitative estimate of drug-likeness (QED) is 0.493. The van der Waals surface area contributed by atoms with Crippen LogP contribution in [0, 0.1) is 13.8 Å². The number of hydrogen-bond donors (Lipinski definition) is 1. The third-order valence-corrected chi connectivity index (χ3v) is 6.45. The van der Waals surface area contributed by atoms with E-state index in [9.17, 15) is 9.59 Å². The van der Waals surface area contributed by atoms with Gasteiger partial charge in [-0.25, -0.2) is 4.98 Å². The van der Waals surface area contributed by atoms with Crippen LogP contribution in [-0.2, 0) is 11.3 Å². The normalized spacial score (nSPS) is 12.3. The Labute approximate surface area is 182 Å². The summed E-state index contributed by atoms with van der Waals surface area (Å²) in [6.45, 7) is 7.66. The van der Waals surface area contributed by atoms with E-state index in [-0.39, 0.29) is 24.1 Å². The average molecular weight is 438 g/mol. The van der Waals surface area contributed by atoms with Gasteiger partial charge in [-0.2, -0.15) is 4.98 Å². The number of benzene rings is 1. The average Bonchev–Trinajstić information content (AvgIpc) is 3.35. The van der Waals surface area contributed by atoms with Gasteiger partial charge in [0.05, 0.1) is 16.6 Å². The highest BCUT2D eigenvalue weighted by molar-refractivity contribution is 7.22. The van der Waals surface area contributed by atoms with Gasteiger partial charge < -0.3 is 9.84 Å². The van der Waals surface area contributed by atoms with E-state index in [0.29, 0.717) is 32.4 Å². The maximum Gasteiger partial charge on any atom is 0.268 e. The molecule has 1 unspecified atom stereocenters. The highest BCUT2D eigenvalue weighted by atomic mass is 32.1. The Morgan fingerprint density at radius 1 is 1.29 bits per heavy atom. The number of nitrogens with one attached hydrogen (secondary N) is 1. The number of rotatable bonds is 6. The van der Waals surface area contributed by atoms with Crippen molar-refractivity contribution in [1.29, 1.82) is 0 Å². The molecule has 0 fully saturated rings. The van der Waals surface area contributed by atoms with Crippen LogP contribution in [0.4, 0.5) is 0 Å². The van der Waals surface area contributed by atoms with E-state index in [1.807, 2.05) is 52.0 Å². The van der Waals surface area contributed by atoms with Gasteiger partial charge in [-0.1, -0.05) is 36.3 Å². The van der Waals surface area contributed by atoms with Crippen molar-refractivity contribution in [3.8, 4) is 22.2 Å². The Morgan fingerprint density at radius 3 is 2.81 bits per heavy atom. The smallest absolute Gasteiger partial charge is 0.268 e. The topological polar surface area (TPSA) is 103 Å². The van der Waals surface area contributed by atoms with Crippen LogP contribution in [0.3, 0.4) is 0 Å². The molecule has 31 heavy (non-hydrogen) atoms. The lowest BCUT2D eigenvalue weighted by Gasteiger charge is -2.12. The summed E-state index contributed by atoms with van der Waals surface area (Å²) in [5, 5.41) is 7.45. The lowest BCUT2D eigenvalue weighted by molar-refractivity contribution is -0.122. The molecule has 0 radical (unpaired) electrons. The van der Waals surface area contributed by atoms with E-state index in [0.717, 1.165) is 17.5 Å². The van der Waals surface area contributed by atoms with Gasteiger partial charge in [0.1, 0.15) is 11.4 Å². The fourth-order valence-electron chi connectivity index (χ4n) is 3.30. The Balaban J connectivity index is 1.69. The molecule has 1 atom stereocenters. The Bertz CT molecular complexity index is 1320. The van der Waals surface area contributed by atoms with Crippen LogP contribution >= 0.6 is 11.3 Å². The first-order valence-electron chi connectivity index (χ1n) is 10.1. The van der Waals surface area contributed by atoms with Crippen molar-refractivity contribution in [1.82, 2.24) is 25.0 Å². The van der Waals surface area contributed by atoms with Crippen molar-refractivity contribution in [2.75, 3.05) is 0 Å². The molecule has 4 aromatic rings. The number of carbonyl (C=O) groups is 1. The molecule has 4 rings (SSSR count). The fourth-order valence-corrected chi connectivity index (χ4v) is 4.36. The number of nitrogens with zero attached hydrogens (tertiary/aromatic N) is 4. The van der Waals surface area contributed by atoms with Crippen molar-refractivity contribution in [3.63, 3.8) is 0 Å². The second kappa shape index (κ2) is 8.43. The molecule has 0 bridgehead atoms. The van der Waals surface area contributed by atoms with E-state index in [1.165, 1.54) is 22.2 Å². The molecular weight excluding hydrogens is 414 g/mol. The fraction of sp³-hybridized carbons (Fsp3) is 0.318. The highest BCUT2D eigenvalue weighted by Crippen LogP contribution is 2.35. The van der Waals surface area contributed by atoms with Gasteiger partial charge >= 0.3 is 0 Å². The van der Waals surface area contributed by atoms with Gasteiger partial charge in [-0.15, -0.1) is 11.3 Å². The maximum absolute atomic E-state index is 13.0. The second-order valence-electron chi connectivity index (χ2n) is 7.53. The van der Waals surface area contributed by atoms with E-state index in [1.54, 1.807) is 0 Å². The van der Waals surface area contributed by atoms with Crippen LogP contribution in [0.5, 0.6) is 0 Å². The van der Waals surface area contributed by atoms with Crippen molar-refractivity contribution in [3.05, 3.63) is 52.1 Å². The molecule has 1 N–H and O–H groups in total. The number of thiophene rings is 1. The van der Waals surface area contributed by atoms with Crippen LogP contribution < -0.4 is 10.9 Å². The van der Waals surface area contributed by atoms with Crippen molar-refractivity contribution >= 4 is 27.5 Å². The van der Waals surface area contributed by atoms with Gasteiger partial charge in [-0.05, 0) is 38.3 Å². The minimum absolute atomic E-state index is 0.0503. The monoisotopic (exact) mass is 437 g/mol. The molecule has 3 aromatic heterocycles. The minimum Gasteiger partial charge on any atom is -0.352 e. The highest BCUT2D eigenvalue weighted by Gasteiger charge is 2.21. The summed E-state index contributed by atoms with van der Waals surface area (Å²) in [7, 11) is 0. The van der Waals surface area contributed by atoms with E-state index in [2.05, 4.69) is 20.4 Å². The largest absolute Gasteiger partial charge is 0.352 e. The maximum atomic E-state index is 13.0. The molecule has 1 amide bonds. The molecule has 0 saturated carbocycles. The molecule has 9 heteroatoms. The Morgan fingerprint density at radius 2 is 2.06 bits per heavy atom. The lowest BCUT2D eigenvalue weighted by atomic mass is 10.1. The number of aromatic nitrogens is 4. The standard InChI is InChI=1S/C22H23N5O3S/c1-5-13(3)24-16(28)10-27-11-23-21-17(22(27)29)14(4)18(31-21)20-25-19(26-30-20)15-9-7-6-8-12(15)2/h6-9,11,13H,5,10H2,1-4H3,(H,24,28). The molecule has 8 nitrogen and oxygen atoms in total. The summed E-state index contributed by atoms with van der Waals surface area (Å²) >= 11 is 1.32. The van der Waals surface area contributed by atoms with Gasteiger partial charge in [0.25, 0.3) is 11.4 Å². The van der Waals surface area contributed by atoms with Gasteiger partial charge in [0.15, 0.2) is 0 Å². The predicted octanol–water partition coefficient (Wildman–Crippen LogP) is 3.71. The van der Waals surface area contributed by atoms with Crippen LogP contribution in [0.15, 0.2) is 39.9 Å². The molecule has 0 aliphatic rings. The van der Waals surface area contributed by atoms with Crippen molar-refractivity contribution in [2.45, 2.75) is 46.7 Å². The first-order chi connectivity index (χ1) is 14.9. The summed E-state index contributed by atoms with van der Waals surface area (Å²) in [5.41, 5.74) is 2.39. The number of hydrogen-bond acceptors (Lipinski definition) is 7. The first-order valence-corrected chi connectivity index (χ1v) is 10.9.